The summed E-state index contributed by atoms with van der Waals surface area (Å²) in [5.74, 6) is 0.308. The van der Waals surface area contributed by atoms with Gasteiger partial charge in [0.1, 0.15) is 0 Å². The van der Waals surface area contributed by atoms with Gasteiger partial charge in [0.05, 0.1) is 11.9 Å². The van der Waals surface area contributed by atoms with E-state index in [1.54, 1.807) is 6.92 Å². The lowest BCUT2D eigenvalue weighted by molar-refractivity contribution is -0.118. The number of carbonyl (C=O) groups excluding carboxylic acids is 1. The highest BCUT2D eigenvalue weighted by Crippen LogP contribution is 2.20. The van der Waals surface area contributed by atoms with Gasteiger partial charge in [-0.05, 0) is 31.2 Å². The molecule has 3 nitrogen and oxygen atoms in total. The number of aliphatic hydroxyl groups excluding tert-OH is 1. The van der Waals surface area contributed by atoms with Gasteiger partial charge in [-0.3, -0.25) is 4.79 Å². The lowest BCUT2D eigenvalue weighted by Gasteiger charge is -2.06. The number of benzene rings is 1. The third-order valence-corrected chi connectivity index (χ3v) is 3.32. The van der Waals surface area contributed by atoms with Gasteiger partial charge in [-0.1, -0.05) is 15.9 Å². The Labute approximate surface area is 108 Å². The largest absolute Gasteiger partial charge is 0.392 e. The van der Waals surface area contributed by atoms with Crippen LogP contribution in [-0.4, -0.2) is 29.4 Å². The summed E-state index contributed by atoms with van der Waals surface area (Å²) in [5, 5.41) is 11.6. The molecular formula is C11H14BrNO2S. The molecule has 0 aliphatic heterocycles. The van der Waals surface area contributed by atoms with Gasteiger partial charge < -0.3 is 10.4 Å². The summed E-state index contributed by atoms with van der Waals surface area (Å²) in [6.45, 7) is 1.95. The van der Waals surface area contributed by atoms with Gasteiger partial charge in [0, 0.05) is 15.9 Å². The fourth-order valence-electron chi connectivity index (χ4n) is 0.992. The second-order valence-electron chi connectivity index (χ2n) is 3.40. The van der Waals surface area contributed by atoms with Crippen LogP contribution < -0.4 is 5.32 Å². The van der Waals surface area contributed by atoms with Crippen molar-refractivity contribution in [3.63, 3.8) is 0 Å². The Balaban J connectivity index is 2.29. The van der Waals surface area contributed by atoms with E-state index < -0.39 is 6.10 Å². The molecule has 1 atom stereocenters. The summed E-state index contributed by atoms with van der Waals surface area (Å²) in [7, 11) is 0. The maximum atomic E-state index is 11.3. The van der Waals surface area contributed by atoms with Crippen LogP contribution in [0.15, 0.2) is 33.6 Å². The Hall–Kier alpha value is -0.520. The van der Waals surface area contributed by atoms with Gasteiger partial charge in [-0.25, -0.2) is 0 Å². The fourth-order valence-corrected chi connectivity index (χ4v) is 1.98. The molecule has 1 rings (SSSR count). The molecule has 16 heavy (non-hydrogen) atoms. The molecule has 0 saturated carbocycles. The van der Waals surface area contributed by atoms with Crippen molar-refractivity contribution in [3.05, 3.63) is 28.7 Å². The van der Waals surface area contributed by atoms with Crippen molar-refractivity contribution in [2.24, 2.45) is 0 Å². The Morgan fingerprint density at radius 2 is 2.12 bits per heavy atom. The lowest BCUT2D eigenvalue weighted by atomic mass is 10.4. The van der Waals surface area contributed by atoms with E-state index in [9.17, 15) is 4.79 Å². The number of hydrogen-bond acceptors (Lipinski definition) is 3. The van der Waals surface area contributed by atoms with Gasteiger partial charge in [-0.2, -0.15) is 0 Å². The van der Waals surface area contributed by atoms with Crippen LogP contribution in [0.5, 0.6) is 0 Å². The van der Waals surface area contributed by atoms with Gasteiger partial charge in [0.2, 0.25) is 5.91 Å². The van der Waals surface area contributed by atoms with E-state index in [1.165, 1.54) is 11.8 Å². The van der Waals surface area contributed by atoms with Crippen LogP contribution in [-0.2, 0) is 4.79 Å². The van der Waals surface area contributed by atoms with Crippen molar-refractivity contribution >= 4 is 33.6 Å². The molecule has 1 aromatic carbocycles. The summed E-state index contributed by atoms with van der Waals surface area (Å²) >= 11 is 4.82. The third-order valence-electron chi connectivity index (χ3n) is 1.78. The Morgan fingerprint density at radius 1 is 1.50 bits per heavy atom. The molecule has 1 aromatic rings. The minimum absolute atomic E-state index is 0.0613. The van der Waals surface area contributed by atoms with Gasteiger partial charge in [0.15, 0.2) is 0 Å². The van der Waals surface area contributed by atoms with Crippen LogP contribution in [0, 0.1) is 0 Å². The number of nitrogens with one attached hydrogen (secondary N) is 1. The standard InChI is InChI=1S/C11H14BrNO2S/c1-8(14)6-13-11(15)7-16-10-4-2-9(12)3-5-10/h2-5,8,14H,6-7H2,1H3,(H,13,15)/t8-/m0/s1. The van der Waals surface area contributed by atoms with Crippen molar-refractivity contribution in [1.82, 2.24) is 5.32 Å². The van der Waals surface area contributed by atoms with Crippen LogP contribution in [0.4, 0.5) is 0 Å². The molecular weight excluding hydrogens is 290 g/mol. The minimum atomic E-state index is -0.498. The zero-order chi connectivity index (χ0) is 12.0. The van der Waals surface area contributed by atoms with Crippen molar-refractivity contribution in [3.8, 4) is 0 Å². The van der Waals surface area contributed by atoms with E-state index >= 15 is 0 Å². The molecule has 5 heteroatoms. The Bertz CT molecular complexity index is 340. The van der Waals surface area contributed by atoms with E-state index in [-0.39, 0.29) is 5.91 Å². The number of thioether (sulfide) groups is 1. The average molecular weight is 304 g/mol. The smallest absolute Gasteiger partial charge is 0.230 e. The highest BCUT2D eigenvalue weighted by atomic mass is 79.9. The number of halogens is 1. The molecule has 88 valence electrons. The Morgan fingerprint density at radius 3 is 2.69 bits per heavy atom. The van der Waals surface area contributed by atoms with Crippen molar-refractivity contribution in [2.75, 3.05) is 12.3 Å². The van der Waals surface area contributed by atoms with E-state index in [0.29, 0.717) is 12.3 Å². The first-order valence-electron chi connectivity index (χ1n) is 4.91. The quantitative estimate of drug-likeness (QED) is 0.819. The average Bonchev–Trinajstić information content (AvgIpc) is 2.25. The Kier molecular flexibility index (Phi) is 5.87. The van der Waals surface area contributed by atoms with Crippen LogP contribution in [0.3, 0.4) is 0 Å². The molecule has 1 amide bonds. The summed E-state index contributed by atoms with van der Waals surface area (Å²) in [6.07, 6.45) is -0.498. The number of hydrogen-bond donors (Lipinski definition) is 2. The van der Waals surface area contributed by atoms with Gasteiger partial charge in [0.25, 0.3) is 0 Å². The van der Waals surface area contributed by atoms with Crippen LogP contribution in [0.1, 0.15) is 6.92 Å². The van der Waals surface area contributed by atoms with Crippen molar-refractivity contribution in [2.45, 2.75) is 17.9 Å². The van der Waals surface area contributed by atoms with E-state index in [1.807, 2.05) is 24.3 Å². The predicted molar refractivity (Wildman–Crippen MR) is 69.6 cm³/mol. The van der Waals surface area contributed by atoms with Crippen LogP contribution in [0.25, 0.3) is 0 Å². The van der Waals surface area contributed by atoms with Crippen molar-refractivity contribution in [1.29, 1.82) is 0 Å². The van der Waals surface area contributed by atoms with Gasteiger partial charge >= 0.3 is 0 Å². The van der Waals surface area contributed by atoms with Crippen LogP contribution in [0.2, 0.25) is 0 Å². The highest BCUT2D eigenvalue weighted by Gasteiger charge is 2.03. The molecule has 0 aliphatic carbocycles. The predicted octanol–water partition coefficient (Wildman–Crippen LogP) is 2.04. The molecule has 0 heterocycles. The second kappa shape index (κ2) is 6.93. The van der Waals surface area contributed by atoms with E-state index in [4.69, 9.17) is 5.11 Å². The lowest BCUT2D eigenvalue weighted by Crippen LogP contribution is -2.31. The molecule has 0 aliphatic rings. The molecule has 0 fully saturated rings. The highest BCUT2D eigenvalue weighted by molar-refractivity contribution is 9.10. The first-order valence-corrected chi connectivity index (χ1v) is 6.69. The normalized spacial score (nSPS) is 12.2. The number of amides is 1. The van der Waals surface area contributed by atoms with Crippen LogP contribution >= 0.6 is 27.7 Å². The molecule has 2 N–H and O–H groups in total. The summed E-state index contributed by atoms with van der Waals surface area (Å²) in [6, 6.07) is 7.79. The van der Waals surface area contributed by atoms with Gasteiger partial charge in [-0.15, -0.1) is 11.8 Å². The number of rotatable bonds is 5. The molecule has 0 spiro atoms. The minimum Gasteiger partial charge on any atom is -0.392 e. The zero-order valence-corrected chi connectivity index (χ0v) is 11.3. The monoisotopic (exact) mass is 303 g/mol. The third kappa shape index (κ3) is 5.53. The molecule has 0 radical (unpaired) electrons. The molecule has 0 saturated heterocycles. The topological polar surface area (TPSA) is 49.3 Å². The first kappa shape index (κ1) is 13.5. The maximum absolute atomic E-state index is 11.3. The number of carbonyl (C=O) groups is 1. The number of aliphatic hydroxyl groups is 1. The van der Waals surface area contributed by atoms with E-state index in [2.05, 4.69) is 21.2 Å². The maximum Gasteiger partial charge on any atom is 0.230 e. The first-order chi connectivity index (χ1) is 7.58. The fraction of sp³-hybridized carbons (Fsp3) is 0.364. The molecule has 0 bridgehead atoms. The second-order valence-corrected chi connectivity index (χ2v) is 5.36. The van der Waals surface area contributed by atoms with E-state index in [0.717, 1.165) is 9.37 Å². The van der Waals surface area contributed by atoms with Crippen molar-refractivity contribution < 1.29 is 9.90 Å². The zero-order valence-electron chi connectivity index (χ0n) is 8.94. The molecule has 0 aromatic heterocycles. The molecule has 0 unspecified atom stereocenters. The summed E-state index contributed by atoms with van der Waals surface area (Å²) in [4.78, 5) is 12.4. The SMILES string of the molecule is C[C@H](O)CNC(=O)CSc1ccc(Br)cc1. The summed E-state index contributed by atoms with van der Waals surface area (Å²) in [5.41, 5.74) is 0. The summed E-state index contributed by atoms with van der Waals surface area (Å²) < 4.78 is 1.02.